The van der Waals surface area contributed by atoms with E-state index in [1.54, 1.807) is 12.1 Å². The molecular formula is C24H24ClF2N5O4. The van der Waals surface area contributed by atoms with Gasteiger partial charge in [0.05, 0.1) is 11.1 Å². The zero-order valence-electron chi connectivity index (χ0n) is 19.3. The number of nitrogens with zero attached hydrogens (tertiary/aromatic N) is 2. The summed E-state index contributed by atoms with van der Waals surface area (Å²) >= 11 is 5.91. The average Bonchev–Trinajstić information content (AvgIpc) is 2.84. The van der Waals surface area contributed by atoms with E-state index in [1.165, 1.54) is 48.5 Å². The summed E-state index contributed by atoms with van der Waals surface area (Å²) in [7, 11) is 1.45. The highest BCUT2D eigenvalue weighted by atomic mass is 35.5. The molecule has 36 heavy (non-hydrogen) atoms. The number of halogens is 3. The zero-order valence-corrected chi connectivity index (χ0v) is 20.0. The van der Waals surface area contributed by atoms with Crippen molar-refractivity contribution in [3.8, 4) is 0 Å². The molecule has 1 heterocycles. The number of carbonyl (C=O) groups excluding carboxylic acids is 3. The molecule has 12 heteroatoms. The van der Waals surface area contributed by atoms with Gasteiger partial charge in [-0.2, -0.15) is 0 Å². The monoisotopic (exact) mass is 519 g/mol. The van der Waals surface area contributed by atoms with Gasteiger partial charge < -0.3 is 20.7 Å². The first-order chi connectivity index (χ1) is 17.1. The molecular weight excluding hydrogens is 496 g/mol. The molecule has 0 aliphatic heterocycles. The first-order valence-corrected chi connectivity index (χ1v) is 11.2. The fraction of sp³-hybridized carbons (Fsp3) is 0.250. The van der Waals surface area contributed by atoms with Crippen LogP contribution in [0.2, 0.25) is 5.02 Å². The summed E-state index contributed by atoms with van der Waals surface area (Å²) in [5.74, 6) is -1.48. The Morgan fingerprint density at radius 1 is 1.17 bits per heavy atom. The Kier molecular flexibility index (Phi) is 8.96. The van der Waals surface area contributed by atoms with Crippen molar-refractivity contribution >= 4 is 46.2 Å². The minimum absolute atomic E-state index is 0.0438. The van der Waals surface area contributed by atoms with Gasteiger partial charge in [-0.3, -0.25) is 10.1 Å². The average molecular weight is 520 g/mol. The lowest BCUT2D eigenvalue weighted by Gasteiger charge is -2.28. The zero-order chi connectivity index (χ0) is 26.2. The van der Waals surface area contributed by atoms with Gasteiger partial charge in [-0.15, -0.1) is 0 Å². The summed E-state index contributed by atoms with van der Waals surface area (Å²) in [6.45, 7) is -0.302. The maximum atomic E-state index is 13.6. The third-order valence-electron chi connectivity index (χ3n) is 5.37. The van der Waals surface area contributed by atoms with Crippen LogP contribution in [0.3, 0.4) is 0 Å². The molecule has 0 aliphatic rings. The number of pyridine rings is 1. The molecule has 3 aromatic rings. The van der Waals surface area contributed by atoms with Gasteiger partial charge in [0.15, 0.2) is 0 Å². The van der Waals surface area contributed by atoms with Gasteiger partial charge in [-0.05, 0) is 47.7 Å². The van der Waals surface area contributed by atoms with Crippen LogP contribution in [0.5, 0.6) is 0 Å². The van der Waals surface area contributed by atoms with Gasteiger partial charge in [0.2, 0.25) is 5.91 Å². The van der Waals surface area contributed by atoms with Crippen molar-refractivity contribution in [1.82, 2.24) is 15.2 Å². The van der Waals surface area contributed by atoms with Crippen molar-refractivity contribution in [1.29, 1.82) is 0 Å². The highest BCUT2D eigenvalue weighted by Crippen LogP contribution is 2.20. The van der Waals surface area contributed by atoms with Gasteiger partial charge in [0.25, 0.3) is 0 Å². The standard InChI is InChI=1S/C24H24ClF2N5O4/c1-32(23(34)30-12-15-3-2-4-19(27)22(15)25)18(7-8-20(28)33)13-36-24(35)31-21-10-16-9-17(26)6-5-14(16)11-29-21/h2-6,9-11,18H,7-8,12-13H2,1H3,(H2,28,33)(H,30,34)(H,29,31,35)/t18-/m0/s1. The molecule has 0 unspecified atom stereocenters. The number of urea groups is 1. The van der Waals surface area contributed by atoms with Crippen molar-refractivity contribution in [3.05, 3.63) is 70.9 Å². The van der Waals surface area contributed by atoms with Crippen LogP contribution in [0.1, 0.15) is 18.4 Å². The molecule has 3 rings (SSSR count). The van der Waals surface area contributed by atoms with Crippen LogP contribution in [-0.2, 0) is 16.1 Å². The number of fused-ring (bicyclic) bond motifs is 1. The minimum atomic E-state index is -0.859. The number of hydrogen-bond donors (Lipinski definition) is 3. The van der Waals surface area contributed by atoms with Crippen LogP contribution in [0.25, 0.3) is 10.8 Å². The van der Waals surface area contributed by atoms with Gasteiger partial charge in [0, 0.05) is 31.6 Å². The molecule has 2 aromatic carbocycles. The second-order valence-corrected chi connectivity index (χ2v) is 8.30. The van der Waals surface area contributed by atoms with E-state index in [9.17, 15) is 23.2 Å². The highest BCUT2D eigenvalue weighted by Gasteiger charge is 2.23. The number of amides is 4. The Morgan fingerprint density at radius 2 is 1.94 bits per heavy atom. The number of ether oxygens (including phenoxy) is 1. The van der Waals surface area contributed by atoms with E-state index in [-0.39, 0.29) is 36.8 Å². The Bertz CT molecular complexity index is 1280. The molecule has 1 aromatic heterocycles. The molecule has 0 bridgehead atoms. The number of rotatable bonds is 9. The summed E-state index contributed by atoms with van der Waals surface area (Å²) < 4.78 is 32.3. The number of anilines is 1. The number of nitrogens with one attached hydrogen (secondary N) is 2. The SMILES string of the molecule is CN(C(=O)NCc1cccc(F)c1Cl)[C@@H](CCC(N)=O)COC(=O)Nc1cc2cc(F)ccc2cn1. The van der Waals surface area contributed by atoms with Crippen molar-refractivity contribution in [2.75, 3.05) is 19.0 Å². The van der Waals surface area contributed by atoms with Crippen LogP contribution in [-0.4, -0.2) is 47.6 Å². The lowest BCUT2D eigenvalue weighted by Crippen LogP contribution is -2.46. The Labute approximate surface area is 210 Å². The molecule has 0 saturated carbocycles. The predicted molar refractivity (Wildman–Crippen MR) is 130 cm³/mol. The highest BCUT2D eigenvalue weighted by molar-refractivity contribution is 6.31. The summed E-state index contributed by atoms with van der Waals surface area (Å²) in [6.07, 6.45) is 0.688. The molecule has 0 spiro atoms. The second-order valence-electron chi connectivity index (χ2n) is 7.93. The molecule has 0 aliphatic carbocycles. The maximum absolute atomic E-state index is 13.6. The topological polar surface area (TPSA) is 127 Å². The molecule has 0 fully saturated rings. The van der Waals surface area contributed by atoms with E-state index in [0.29, 0.717) is 16.3 Å². The van der Waals surface area contributed by atoms with E-state index in [1.807, 2.05) is 0 Å². The number of likely N-dealkylation sites (N-methyl/N-ethyl adjacent to an activating group) is 1. The molecule has 1 atom stereocenters. The molecule has 0 radical (unpaired) electrons. The second kappa shape index (κ2) is 12.1. The lowest BCUT2D eigenvalue weighted by atomic mass is 10.1. The molecule has 4 amide bonds. The van der Waals surface area contributed by atoms with Crippen LogP contribution in [0, 0.1) is 11.6 Å². The number of benzene rings is 2. The van der Waals surface area contributed by atoms with E-state index >= 15 is 0 Å². The summed E-state index contributed by atoms with van der Waals surface area (Å²) in [6, 6.07) is 8.63. The van der Waals surface area contributed by atoms with Gasteiger partial charge in [-0.1, -0.05) is 23.7 Å². The molecule has 9 nitrogen and oxygen atoms in total. The molecule has 0 saturated heterocycles. The maximum Gasteiger partial charge on any atom is 0.412 e. The Balaban J connectivity index is 1.60. The molecule has 190 valence electrons. The van der Waals surface area contributed by atoms with Gasteiger partial charge >= 0.3 is 12.1 Å². The number of carbonyl (C=O) groups is 3. The van der Waals surface area contributed by atoms with Crippen LogP contribution in [0.15, 0.2) is 48.7 Å². The fourth-order valence-corrected chi connectivity index (χ4v) is 3.53. The number of primary amides is 1. The summed E-state index contributed by atoms with van der Waals surface area (Å²) in [5.41, 5.74) is 5.61. The number of nitrogens with two attached hydrogens (primary N) is 1. The normalized spacial score (nSPS) is 11.6. The number of hydrogen-bond acceptors (Lipinski definition) is 5. The van der Waals surface area contributed by atoms with Crippen LogP contribution < -0.4 is 16.4 Å². The fourth-order valence-electron chi connectivity index (χ4n) is 3.34. The number of aromatic nitrogens is 1. The Morgan fingerprint density at radius 3 is 2.69 bits per heavy atom. The quantitative estimate of drug-likeness (QED) is 0.390. The first kappa shape index (κ1) is 26.6. The van der Waals surface area contributed by atoms with Crippen LogP contribution in [0.4, 0.5) is 24.2 Å². The predicted octanol–water partition coefficient (Wildman–Crippen LogP) is 4.19. The van der Waals surface area contributed by atoms with Crippen molar-refractivity contribution < 1.29 is 27.9 Å². The smallest absolute Gasteiger partial charge is 0.412 e. The van der Waals surface area contributed by atoms with Gasteiger partial charge in [-0.25, -0.2) is 23.4 Å². The Hall–Kier alpha value is -3.99. The van der Waals surface area contributed by atoms with Crippen molar-refractivity contribution in [3.63, 3.8) is 0 Å². The van der Waals surface area contributed by atoms with E-state index in [0.717, 1.165) is 0 Å². The third kappa shape index (κ3) is 7.25. The van der Waals surface area contributed by atoms with Crippen LogP contribution >= 0.6 is 11.6 Å². The van der Waals surface area contributed by atoms with Gasteiger partial charge in [0.1, 0.15) is 24.1 Å². The van der Waals surface area contributed by atoms with E-state index in [4.69, 9.17) is 22.1 Å². The third-order valence-corrected chi connectivity index (χ3v) is 5.80. The molecule has 4 N–H and O–H groups in total. The lowest BCUT2D eigenvalue weighted by molar-refractivity contribution is -0.118. The summed E-state index contributed by atoms with van der Waals surface area (Å²) in [4.78, 5) is 41.6. The van der Waals surface area contributed by atoms with E-state index < -0.39 is 35.7 Å². The largest absolute Gasteiger partial charge is 0.447 e. The summed E-state index contributed by atoms with van der Waals surface area (Å²) in [5, 5.41) is 6.18. The van der Waals surface area contributed by atoms with Crippen molar-refractivity contribution in [2.24, 2.45) is 5.73 Å². The minimum Gasteiger partial charge on any atom is -0.447 e. The van der Waals surface area contributed by atoms with E-state index in [2.05, 4.69) is 15.6 Å². The first-order valence-electron chi connectivity index (χ1n) is 10.8. The van der Waals surface area contributed by atoms with Crippen molar-refractivity contribution in [2.45, 2.75) is 25.4 Å².